The van der Waals surface area contributed by atoms with Crippen LogP contribution in [0.4, 0.5) is 0 Å². The monoisotopic (exact) mass is 451 g/mol. The average molecular weight is 451 g/mol. The molecule has 2 amide bonds. The Morgan fingerprint density at radius 2 is 1.91 bits per heavy atom. The fourth-order valence-corrected chi connectivity index (χ4v) is 3.87. The van der Waals surface area contributed by atoms with Gasteiger partial charge in [-0.25, -0.2) is 4.98 Å². The number of oxazole rings is 1. The minimum atomic E-state index is -0.772. The van der Waals surface area contributed by atoms with Crippen molar-refractivity contribution in [3.05, 3.63) is 66.2 Å². The topological polar surface area (TPSA) is 114 Å². The molecule has 1 aliphatic heterocycles. The van der Waals surface area contributed by atoms with E-state index in [-0.39, 0.29) is 24.8 Å². The molecule has 1 fully saturated rings. The number of carbonyl (C=O) groups excluding carboxylic acids is 2. The van der Waals surface area contributed by atoms with Gasteiger partial charge < -0.3 is 29.2 Å². The lowest BCUT2D eigenvalue weighted by atomic mass is 10.1. The summed E-state index contributed by atoms with van der Waals surface area (Å²) in [4.78, 5) is 31.3. The summed E-state index contributed by atoms with van der Waals surface area (Å²) in [6.45, 7) is 0.373. The van der Waals surface area contributed by atoms with E-state index in [1.165, 1.54) is 25.5 Å². The van der Waals surface area contributed by atoms with Crippen molar-refractivity contribution in [2.75, 3.05) is 20.8 Å². The summed E-state index contributed by atoms with van der Waals surface area (Å²) in [6, 6.07) is 11.6. The van der Waals surface area contributed by atoms with Crippen LogP contribution in [0.25, 0.3) is 11.3 Å². The molecule has 2 unspecified atom stereocenters. The number of aliphatic hydroxyl groups is 1. The molecule has 2 N–H and O–H groups in total. The Hall–Kier alpha value is -3.85. The largest absolute Gasteiger partial charge is 0.493 e. The number of rotatable bonds is 7. The van der Waals surface area contributed by atoms with Crippen LogP contribution < -0.4 is 14.8 Å². The first-order chi connectivity index (χ1) is 16.0. The summed E-state index contributed by atoms with van der Waals surface area (Å²) in [5.74, 6) is 0.899. The quantitative estimate of drug-likeness (QED) is 0.566. The molecular formula is C24H25N3O6. The summed E-state index contributed by atoms with van der Waals surface area (Å²) >= 11 is 0. The molecule has 0 saturated carbocycles. The number of aliphatic hydroxyl groups excluding tert-OH is 1. The molecule has 1 saturated heterocycles. The molecule has 33 heavy (non-hydrogen) atoms. The smallest absolute Gasteiger partial charge is 0.254 e. The lowest BCUT2D eigenvalue weighted by Crippen LogP contribution is -2.45. The Kier molecular flexibility index (Phi) is 6.60. The van der Waals surface area contributed by atoms with Crippen molar-refractivity contribution < 1.29 is 28.6 Å². The normalized spacial score (nSPS) is 17.6. The molecule has 1 aliphatic rings. The van der Waals surface area contributed by atoms with E-state index >= 15 is 0 Å². The van der Waals surface area contributed by atoms with Crippen LogP contribution in [0.1, 0.15) is 22.3 Å². The fraction of sp³-hybridized carbons (Fsp3) is 0.292. The third-order valence-electron chi connectivity index (χ3n) is 5.61. The maximum Gasteiger partial charge on any atom is 0.254 e. The first kappa shape index (κ1) is 22.3. The molecule has 0 spiro atoms. The molecule has 3 aromatic rings. The van der Waals surface area contributed by atoms with E-state index in [0.29, 0.717) is 29.4 Å². The average Bonchev–Trinajstić information content (AvgIpc) is 3.52. The zero-order chi connectivity index (χ0) is 23.4. The van der Waals surface area contributed by atoms with Crippen LogP contribution in [-0.4, -0.2) is 59.7 Å². The van der Waals surface area contributed by atoms with Crippen molar-refractivity contribution >= 4 is 11.8 Å². The molecule has 0 aliphatic carbocycles. The number of hydrogen-bond donors (Lipinski definition) is 2. The Balaban J connectivity index is 1.42. The highest BCUT2D eigenvalue weighted by molar-refractivity contribution is 5.98. The van der Waals surface area contributed by atoms with Crippen molar-refractivity contribution in [1.29, 1.82) is 0 Å². The lowest BCUT2D eigenvalue weighted by Gasteiger charge is -2.24. The number of methoxy groups -OCH3 is 2. The summed E-state index contributed by atoms with van der Waals surface area (Å²) in [5, 5.41) is 13.0. The van der Waals surface area contributed by atoms with Gasteiger partial charge in [0.2, 0.25) is 5.91 Å². The molecule has 0 radical (unpaired) electrons. The first-order valence-corrected chi connectivity index (χ1v) is 10.5. The predicted octanol–water partition coefficient (Wildman–Crippen LogP) is 2.25. The molecule has 9 nitrogen and oxygen atoms in total. The Bertz CT molecular complexity index is 1110. The van der Waals surface area contributed by atoms with Gasteiger partial charge in [0.1, 0.15) is 6.04 Å². The van der Waals surface area contributed by atoms with Gasteiger partial charge >= 0.3 is 0 Å². The number of carbonyl (C=O) groups is 2. The minimum Gasteiger partial charge on any atom is -0.493 e. The van der Waals surface area contributed by atoms with Crippen LogP contribution >= 0.6 is 0 Å². The number of benzene rings is 2. The van der Waals surface area contributed by atoms with Gasteiger partial charge in [-0.15, -0.1) is 0 Å². The molecule has 172 valence electrons. The molecule has 4 rings (SSSR count). The van der Waals surface area contributed by atoms with E-state index < -0.39 is 12.1 Å². The van der Waals surface area contributed by atoms with Gasteiger partial charge in [-0.3, -0.25) is 9.59 Å². The van der Waals surface area contributed by atoms with Crippen LogP contribution in [0.2, 0.25) is 0 Å². The predicted molar refractivity (Wildman–Crippen MR) is 119 cm³/mol. The van der Waals surface area contributed by atoms with Gasteiger partial charge in [0.05, 0.1) is 26.5 Å². The van der Waals surface area contributed by atoms with Crippen molar-refractivity contribution in [1.82, 2.24) is 15.2 Å². The molecule has 9 heteroatoms. The van der Waals surface area contributed by atoms with E-state index in [1.54, 1.807) is 24.4 Å². The van der Waals surface area contributed by atoms with Crippen molar-refractivity contribution in [3.63, 3.8) is 0 Å². The number of likely N-dealkylation sites (tertiary alicyclic amines) is 1. The second-order valence-corrected chi connectivity index (χ2v) is 7.71. The summed E-state index contributed by atoms with van der Waals surface area (Å²) in [6.07, 6.45) is 2.40. The standard InChI is InChI=1S/C24H25N3O6/c1-31-20-8-7-17(9-21(20)32-2)24(30)27-13-18(28)10-19(27)23(29)26-11-15-3-5-16(6-4-15)22-12-25-14-33-22/h3-9,12,14,18-19,28H,10-11,13H2,1-2H3,(H,26,29). The number of amides is 2. The lowest BCUT2D eigenvalue weighted by molar-refractivity contribution is -0.125. The van der Waals surface area contributed by atoms with E-state index in [2.05, 4.69) is 10.3 Å². The highest BCUT2D eigenvalue weighted by atomic mass is 16.5. The number of nitrogens with zero attached hydrogens (tertiary/aromatic N) is 2. The van der Waals surface area contributed by atoms with Gasteiger partial charge in [0.25, 0.3) is 5.91 Å². The molecule has 2 aromatic carbocycles. The highest BCUT2D eigenvalue weighted by Crippen LogP contribution is 2.29. The van der Waals surface area contributed by atoms with Crippen LogP contribution in [0.15, 0.2) is 59.5 Å². The maximum atomic E-state index is 13.1. The second kappa shape index (κ2) is 9.74. The van der Waals surface area contributed by atoms with Crippen molar-refractivity contribution in [2.45, 2.75) is 25.1 Å². The van der Waals surface area contributed by atoms with Gasteiger partial charge in [0, 0.05) is 30.6 Å². The molecule has 2 atom stereocenters. The van der Waals surface area contributed by atoms with Crippen LogP contribution in [-0.2, 0) is 11.3 Å². The second-order valence-electron chi connectivity index (χ2n) is 7.71. The van der Waals surface area contributed by atoms with Gasteiger partial charge in [0.15, 0.2) is 23.7 Å². The molecule has 1 aromatic heterocycles. The van der Waals surface area contributed by atoms with E-state index in [9.17, 15) is 14.7 Å². The molecule has 0 bridgehead atoms. The van der Waals surface area contributed by atoms with Gasteiger partial charge in [-0.1, -0.05) is 24.3 Å². The van der Waals surface area contributed by atoms with E-state index in [1.807, 2.05) is 24.3 Å². The van der Waals surface area contributed by atoms with Crippen molar-refractivity contribution in [2.24, 2.45) is 0 Å². The summed E-state index contributed by atoms with van der Waals surface area (Å²) in [5.41, 5.74) is 2.12. The van der Waals surface area contributed by atoms with Crippen LogP contribution in [0, 0.1) is 0 Å². The first-order valence-electron chi connectivity index (χ1n) is 10.5. The Labute approximate surface area is 190 Å². The molecular weight excluding hydrogens is 426 g/mol. The Morgan fingerprint density at radius 3 is 2.58 bits per heavy atom. The van der Waals surface area contributed by atoms with E-state index in [0.717, 1.165) is 11.1 Å². The Morgan fingerprint density at radius 1 is 1.15 bits per heavy atom. The summed E-state index contributed by atoms with van der Waals surface area (Å²) in [7, 11) is 3.00. The number of hydrogen-bond acceptors (Lipinski definition) is 7. The highest BCUT2D eigenvalue weighted by Gasteiger charge is 2.39. The maximum absolute atomic E-state index is 13.1. The van der Waals surface area contributed by atoms with E-state index in [4.69, 9.17) is 13.9 Å². The number of aromatic nitrogens is 1. The zero-order valence-corrected chi connectivity index (χ0v) is 18.4. The number of ether oxygens (including phenoxy) is 2. The summed E-state index contributed by atoms with van der Waals surface area (Å²) < 4.78 is 15.8. The third-order valence-corrected chi connectivity index (χ3v) is 5.61. The van der Waals surface area contributed by atoms with Crippen LogP contribution in [0.5, 0.6) is 11.5 Å². The third kappa shape index (κ3) is 4.83. The van der Waals surface area contributed by atoms with Crippen molar-refractivity contribution in [3.8, 4) is 22.8 Å². The zero-order valence-electron chi connectivity index (χ0n) is 18.4. The van der Waals surface area contributed by atoms with Crippen LogP contribution in [0.3, 0.4) is 0 Å². The van der Waals surface area contributed by atoms with Gasteiger partial charge in [-0.2, -0.15) is 0 Å². The van der Waals surface area contributed by atoms with Gasteiger partial charge in [-0.05, 0) is 23.8 Å². The fourth-order valence-electron chi connectivity index (χ4n) is 3.87. The number of β-amino-alcohol motifs (C(OH)–C–C–N with tert-alkyl or cyclic N) is 1. The molecule has 2 heterocycles. The SMILES string of the molecule is COc1ccc(C(=O)N2CC(O)CC2C(=O)NCc2ccc(-c3cnco3)cc2)cc1OC. The number of nitrogens with one attached hydrogen (secondary N) is 1. The minimum absolute atomic E-state index is 0.0805.